The van der Waals surface area contributed by atoms with Crippen molar-refractivity contribution in [3.63, 3.8) is 0 Å². The monoisotopic (exact) mass is 220 g/mol. The van der Waals surface area contributed by atoms with Gasteiger partial charge in [-0.25, -0.2) is 0 Å². The summed E-state index contributed by atoms with van der Waals surface area (Å²) in [5.41, 5.74) is 1.58. The van der Waals surface area contributed by atoms with Crippen molar-refractivity contribution in [2.45, 2.75) is 52.0 Å². The molecule has 0 amide bonds. The van der Waals surface area contributed by atoms with Crippen LogP contribution in [0.4, 0.5) is 0 Å². The van der Waals surface area contributed by atoms with Gasteiger partial charge in [0.15, 0.2) is 6.29 Å². The zero-order valence-corrected chi connectivity index (χ0v) is 10.5. The molecule has 1 atom stereocenters. The van der Waals surface area contributed by atoms with Crippen molar-refractivity contribution in [3.05, 3.63) is 17.5 Å². The van der Waals surface area contributed by atoms with Crippen LogP contribution in [0, 0.1) is 5.92 Å². The highest BCUT2D eigenvalue weighted by atomic mass is 16.1. The van der Waals surface area contributed by atoms with Gasteiger partial charge in [0, 0.05) is 11.6 Å². The fraction of sp³-hybridized carbons (Fsp3) is 0.692. The van der Waals surface area contributed by atoms with E-state index in [1.165, 1.54) is 12.8 Å². The second-order valence-electron chi connectivity index (χ2n) is 5.86. The molecule has 0 radical (unpaired) electrons. The molecular weight excluding hydrogens is 200 g/mol. The maximum atomic E-state index is 11.0. The normalized spacial score (nSPS) is 18.5. The van der Waals surface area contributed by atoms with Crippen molar-refractivity contribution in [2.24, 2.45) is 5.92 Å². The van der Waals surface area contributed by atoms with Crippen LogP contribution in [-0.4, -0.2) is 16.1 Å². The van der Waals surface area contributed by atoms with E-state index in [-0.39, 0.29) is 5.41 Å². The van der Waals surface area contributed by atoms with Gasteiger partial charge in [-0.05, 0) is 25.7 Å². The predicted octanol–water partition coefficient (Wildman–Crippen LogP) is 2.96. The lowest BCUT2D eigenvalue weighted by Crippen LogP contribution is -2.16. The average Bonchev–Trinajstić information content (AvgIpc) is 2.93. The van der Waals surface area contributed by atoms with Gasteiger partial charge in [-0.2, -0.15) is 5.10 Å². The molecule has 3 heteroatoms. The van der Waals surface area contributed by atoms with Crippen LogP contribution in [0.3, 0.4) is 0 Å². The van der Waals surface area contributed by atoms with E-state index >= 15 is 0 Å². The first kappa shape index (κ1) is 11.4. The summed E-state index contributed by atoms with van der Waals surface area (Å²) in [6, 6.07) is 0.426. The minimum Gasteiger partial charge on any atom is -0.298 e. The highest BCUT2D eigenvalue weighted by Crippen LogP contribution is 2.39. The highest BCUT2D eigenvalue weighted by Gasteiger charge is 2.31. The number of hydrogen-bond donors (Lipinski definition) is 0. The van der Waals surface area contributed by atoms with E-state index in [2.05, 4.69) is 32.8 Å². The minimum atomic E-state index is -0.0647. The molecule has 2 rings (SSSR count). The molecule has 1 heterocycles. The standard InChI is InChI=1S/C13H20N2O/c1-9(10-5-6-10)15-7-11(8-16)12(14-15)13(2,3)4/h7-10H,5-6H2,1-4H3. The fourth-order valence-electron chi connectivity index (χ4n) is 2.08. The van der Waals surface area contributed by atoms with E-state index in [0.29, 0.717) is 6.04 Å². The van der Waals surface area contributed by atoms with Crippen molar-refractivity contribution >= 4 is 6.29 Å². The number of aromatic nitrogens is 2. The minimum absolute atomic E-state index is 0.0647. The van der Waals surface area contributed by atoms with E-state index in [1.54, 1.807) is 0 Å². The smallest absolute Gasteiger partial charge is 0.153 e. The lowest BCUT2D eigenvalue weighted by molar-refractivity contribution is 0.112. The fourth-order valence-corrected chi connectivity index (χ4v) is 2.08. The van der Waals surface area contributed by atoms with Gasteiger partial charge in [-0.3, -0.25) is 9.48 Å². The Morgan fingerprint density at radius 1 is 1.50 bits per heavy atom. The van der Waals surface area contributed by atoms with Crippen molar-refractivity contribution in [1.29, 1.82) is 0 Å². The summed E-state index contributed by atoms with van der Waals surface area (Å²) in [7, 11) is 0. The molecule has 3 nitrogen and oxygen atoms in total. The lowest BCUT2D eigenvalue weighted by Gasteiger charge is -2.16. The molecule has 1 aliphatic rings. The number of hydrogen-bond acceptors (Lipinski definition) is 2. The van der Waals surface area contributed by atoms with E-state index in [1.807, 2.05) is 10.9 Å². The van der Waals surface area contributed by atoms with Gasteiger partial charge < -0.3 is 0 Å². The van der Waals surface area contributed by atoms with Crippen LogP contribution in [-0.2, 0) is 5.41 Å². The maximum Gasteiger partial charge on any atom is 0.153 e. The summed E-state index contributed by atoms with van der Waals surface area (Å²) < 4.78 is 1.97. The van der Waals surface area contributed by atoms with Gasteiger partial charge in [-0.1, -0.05) is 20.8 Å². The second kappa shape index (κ2) is 3.72. The van der Waals surface area contributed by atoms with Gasteiger partial charge in [-0.15, -0.1) is 0 Å². The Morgan fingerprint density at radius 3 is 2.50 bits per heavy atom. The molecule has 0 bridgehead atoms. The van der Waals surface area contributed by atoms with Gasteiger partial charge in [0.05, 0.1) is 17.3 Å². The first-order valence-electron chi connectivity index (χ1n) is 5.98. The number of aldehydes is 1. The molecule has 1 unspecified atom stereocenters. The molecule has 1 fully saturated rings. The maximum absolute atomic E-state index is 11.0. The number of carbonyl (C=O) groups is 1. The molecule has 16 heavy (non-hydrogen) atoms. The predicted molar refractivity (Wildman–Crippen MR) is 63.7 cm³/mol. The SMILES string of the molecule is CC(C1CC1)n1cc(C=O)c(C(C)(C)C)n1. The quantitative estimate of drug-likeness (QED) is 0.734. The number of nitrogens with zero attached hydrogens (tertiary/aromatic N) is 2. The Balaban J connectivity index is 2.35. The van der Waals surface area contributed by atoms with E-state index in [4.69, 9.17) is 0 Å². The zero-order valence-electron chi connectivity index (χ0n) is 10.5. The summed E-state index contributed by atoms with van der Waals surface area (Å²) in [6.07, 6.45) is 5.41. The van der Waals surface area contributed by atoms with Crippen LogP contribution >= 0.6 is 0 Å². The van der Waals surface area contributed by atoms with E-state index < -0.39 is 0 Å². The number of carbonyl (C=O) groups excluding carboxylic acids is 1. The highest BCUT2D eigenvalue weighted by molar-refractivity contribution is 5.76. The van der Waals surface area contributed by atoms with E-state index in [0.717, 1.165) is 23.5 Å². The molecule has 0 N–H and O–H groups in total. The van der Waals surface area contributed by atoms with Gasteiger partial charge in [0.2, 0.25) is 0 Å². The van der Waals surface area contributed by atoms with Crippen LogP contribution < -0.4 is 0 Å². The summed E-state index contributed by atoms with van der Waals surface area (Å²) in [5.74, 6) is 0.757. The summed E-state index contributed by atoms with van der Waals surface area (Å²) in [5, 5.41) is 4.60. The van der Waals surface area contributed by atoms with Crippen LogP contribution in [0.1, 0.15) is 62.6 Å². The Labute approximate surface area is 96.8 Å². The Hall–Kier alpha value is -1.12. The first-order chi connectivity index (χ1) is 7.43. The van der Waals surface area contributed by atoms with Gasteiger partial charge in [0.1, 0.15) is 0 Å². The Kier molecular flexibility index (Phi) is 2.64. The topological polar surface area (TPSA) is 34.9 Å². The molecule has 0 aliphatic heterocycles. The van der Waals surface area contributed by atoms with Crippen LogP contribution in [0.25, 0.3) is 0 Å². The third-order valence-corrected chi connectivity index (χ3v) is 3.32. The molecule has 1 aliphatic carbocycles. The Morgan fingerprint density at radius 2 is 2.12 bits per heavy atom. The molecule has 0 saturated heterocycles. The third kappa shape index (κ3) is 2.04. The molecule has 88 valence electrons. The summed E-state index contributed by atoms with van der Waals surface area (Å²) in [6.45, 7) is 8.46. The van der Waals surface area contributed by atoms with Crippen molar-refractivity contribution in [2.75, 3.05) is 0 Å². The Bertz CT molecular complexity index is 397. The van der Waals surface area contributed by atoms with Gasteiger partial charge >= 0.3 is 0 Å². The lowest BCUT2D eigenvalue weighted by atomic mass is 9.90. The largest absolute Gasteiger partial charge is 0.298 e. The van der Waals surface area contributed by atoms with Crippen molar-refractivity contribution < 1.29 is 4.79 Å². The number of rotatable bonds is 3. The molecule has 1 saturated carbocycles. The molecule has 1 aromatic heterocycles. The average molecular weight is 220 g/mol. The first-order valence-corrected chi connectivity index (χ1v) is 5.98. The summed E-state index contributed by atoms with van der Waals surface area (Å²) in [4.78, 5) is 11.0. The second-order valence-corrected chi connectivity index (χ2v) is 5.86. The molecular formula is C13H20N2O. The van der Waals surface area contributed by atoms with E-state index in [9.17, 15) is 4.79 Å². The third-order valence-electron chi connectivity index (χ3n) is 3.32. The van der Waals surface area contributed by atoms with Crippen molar-refractivity contribution in [3.8, 4) is 0 Å². The van der Waals surface area contributed by atoms with Gasteiger partial charge in [0.25, 0.3) is 0 Å². The van der Waals surface area contributed by atoms with Crippen molar-refractivity contribution in [1.82, 2.24) is 9.78 Å². The summed E-state index contributed by atoms with van der Waals surface area (Å²) >= 11 is 0. The van der Waals surface area contributed by atoms with Crippen LogP contribution in [0.5, 0.6) is 0 Å². The zero-order chi connectivity index (χ0) is 11.9. The van der Waals surface area contributed by atoms with Crippen LogP contribution in [0.2, 0.25) is 0 Å². The van der Waals surface area contributed by atoms with Crippen LogP contribution in [0.15, 0.2) is 6.20 Å². The molecule has 0 spiro atoms. The molecule has 1 aromatic rings. The molecule has 0 aromatic carbocycles.